The Labute approximate surface area is 121 Å². The van der Waals surface area contributed by atoms with Crippen LogP contribution in [0.15, 0.2) is 18.2 Å². The number of hydrogen-bond donors (Lipinski definition) is 2. The van der Waals surface area contributed by atoms with Gasteiger partial charge in [0.25, 0.3) is 5.91 Å². The van der Waals surface area contributed by atoms with Crippen molar-refractivity contribution >= 4 is 11.6 Å². The number of carbonyl (C=O) groups is 1. The number of carbonyl (C=O) groups excluding carboxylic acids is 1. The van der Waals surface area contributed by atoms with E-state index in [1.807, 2.05) is 12.3 Å². The molecule has 1 aliphatic rings. The molecule has 1 aromatic rings. The number of hydrazine groups is 1. The maximum Gasteiger partial charge on any atom is 0.418 e. The molecular formula is C14H18F3N3O. The van der Waals surface area contributed by atoms with Crippen molar-refractivity contribution < 1.29 is 18.0 Å². The van der Waals surface area contributed by atoms with Crippen molar-refractivity contribution in [3.8, 4) is 0 Å². The fourth-order valence-corrected chi connectivity index (χ4v) is 2.19. The minimum atomic E-state index is -4.56. The number of alkyl halides is 3. The molecule has 1 amide bonds. The molecule has 0 atom stereocenters. The number of nitrogen functional groups attached to an aromatic ring is 1. The van der Waals surface area contributed by atoms with Crippen molar-refractivity contribution in [1.29, 1.82) is 0 Å². The average Bonchev–Trinajstić information content (AvgIpc) is 3.26. The van der Waals surface area contributed by atoms with E-state index >= 15 is 0 Å². The zero-order chi connectivity index (χ0) is 15.6. The molecule has 0 aliphatic heterocycles. The van der Waals surface area contributed by atoms with Gasteiger partial charge in [0, 0.05) is 18.7 Å². The van der Waals surface area contributed by atoms with Gasteiger partial charge in [0.1, 0.15) is 0 Å². The van der Waals surface area contributed by atoms with Gasteiger partial charge in [-0.15, -0.1) is 0 Å². The van der Waals surface area contributed by atoms with Crippen LogP contribution >= 0.6 is 0 Å². The molecule has 116 valence electrons. The molecule has 7 heteroatoms. The number of nitrogens with one attached hydrogen (secondary N) is 1. The maximum atomic E-state index is 13.0. The molecule has 0 unspecified atom stereocenters. The molecule has 0 saturated heterocycles. The first-order valence-electron chi connectivity index (χ1n) is 6.84. The maximum absolute atomic E-state index is 13.0. The smallest absolute Gasteiger partial charge is 0.339 e. The van der Waals surface area contributed by atoms with E-state index in [1.54, 1.807) is 4.90 Å². The Bertz CT molecular complexity index is 527. The summed E-state index contributed by atoms with van der Waals surface area (Å²) in [6.45, 7) is 2.90. The van der Waals surface area contributed by atoms with Crippen LogP contribution in [0.3, 0.4) is 0 Å². The third kappa shape index (κ3) is 3.66. The summed E-state index contributed by atoms with van der Waals surface area (Å²) >= 11 is 0. The van der Waals surface area contributed by atoms with Gasteiger partial charge < -0.3 is 10.3 Å². The monoisotopic (exact) mass is 301 g/mol. The number of hydrogen-bond acceptors (Lipinski definition) is 3. The Morgan fingerprint density at radius 1 is 1.43 bits per heavy atom. The molecule has 3 N–H and O–H groups in total. The Hall–Kier alpha value is -1.76. The van der Waals surface area contributed by atoms with Crippen molar-refractivity contribution in [2.45, 2.75) is 25.9 Å². The molecule has 1 fully saturated rings. The van der Waals surface area contributed by atoms with Crippen LogP contribution in [-0.2, 0) is 6.18 Å². The zero-order valence-electron chi connectivity index (χ0n) is 11.7. The number of benzene rings is 1. The number of amides is 1. The first-order chi connectivity index (χ1) is 9.86. The van der Waals surface area contributed by atoms with Crippen LogP contribution < -0.4 is 11.3 Å². The molecule has 1 aliphatic carbocycles. The molecule has 21 heavy (non-hydrogen) atoms. The summed E-state index contributed by atoms with van der Waals surface area (Å²) in [5, 5.41) is 0. The summed E-state index contributed by atoms with van der Waals surface area (Å²) in [6.07, 6.45) is -2.41. The van der Waals surface area contributed by atoms with Crippen LogP contribution in [0.5, 0.6) is 0 Å². The first-order valence-corrected chi connectivity index (χ1v) is 6.84. The molecule has 1 saturated carbocycles. The van der Waals surface area contributed by atoms with Crippen LogP contribution in [0.2, 0.25) is 0 Å². The van der Waals surface area contributed by atoms with Crippen LogP contribution in [0.25, 0.3) is 0 Å². The highest BCUT2D eigenvalue weighted by Gasteiger charge is 2.35. The van der Waals surface area contributed by atoms with E-state index < -0.39 is 11.7 Å². The number of nitrogens with two attached hydrogens (primary N) is 1. The molecule has 2 rings (SSSR count). The first kappa shape index (κ1) is 15.6. The standard InChI is InChI=1S/C14H18F3N3O/c1-2-20(8-9-3-4-9)13(21)10-5-6-12(19-18)11(7-10)14(15,16)17/h5-7,9,19H,2-4,8,18H2,1H3. The highest BCUT2D eigenvalue weighted by atomic mass is 19.4. The molecular weight excluding hydrogens is 283 g/mol. The molecule has 0 radical (unpaired) electrons. The number of halogens is 3. The van der Waals surface area contributed by atoms with Gasteiger partial charge in [-0.3, -0.25) is 10.6 Å². The van der Waals surface area contributed by atoms with E-state index in [1.165, 1.54) is 12.1 Å². The number of anilines is 1. The van der Waals surface area contributed by atoms with Crippen LogP contribution in [0.4, 0.5) is 18.9 Å². The van der Waals surface area contributed by atoms with E-state index in [2.05, 4.69) is 0 Å². The molecule has 1 aromatic carbocycles. The third-order valence-corrected chi connectivity index (χ3v) is 3.57. The van der Waals surface area contributed by atoms with Crippen molar-refractivity contribution in [1.82, 2.24) is 4.90 Å². The van der Waals surface area contributed by atoms with E-state index in [0.29, 0.717) is 19.0 Å². The minimum Gasteiger partial charge on any atom is -0.339 e. The Kier molecular flexibility index (Phi) is 4.41. The second kappa shape index (κ2) is 5.93. The summed E-state index contributed by atoms with van der Waals surface area (Å²) in [5.74, 6) is 5.20. The number of rotatable bonds is 5. The van der Waals surface area contributed by atoms with E-state index in [9.17, 15) is 18.0 Å². The summed E-state index contributed by atoms with van der Waals surface area (Å²) < 4.78 is 38.9. The minimum absolute atomic E-state index is 0.0313. The quantitative estimate of drug-likeness (QED) is 0.649. The lowest BCUT2D eigenvalue weighted by atomic mass is 10.1. The Morgan fingerprint density at radius 3 is 2.57 bits per heavy atom. The molecule has 0 heterocycles. The molecule has 0 bridgehead atoms. The Morgan fingerprint density at radius 2 is 2.10 bits per heavy atom. The molecule has 4 nitrogen and oxygen atoms in total. The van der Waals surface area contributed by atoms with E-state index in [-0.39, 0.29) is 17.2 Å². The van der Waals surface area contributed by atoms with Crippen molar-refractivity contribution in [3.05, 3.63) is 29.3 Å². The topological polar surface area (TPSA) is 58.4 Å². The fourth-order valence-electron chi connectivity index (χ4n) is 2.19. The highest BCUT2D eigenvalue weighted by Crippen LogP contribution is 2.35. The van der Waals surface area contributed by atoms with Gasteiger partial charge in [0.15, 0.2) is 0 Å². The van der Waals surface area contributed by atoms with Gasteiger partial charge in [-0.2, -0.15) is 13.2 Å². The van der Waals surface area contributed by atoms with Crippen LogP contribution in [0, 0.1) is 5.92 Å². The predicted molar refractivity (Wildman–Crippen MR) is 73.6 cm³/mol. The van der Waals surface area contributed by atoms with Crippen LogP contribution in [-0.4, -0.2) is 23.9 Å². The lowest BCUT2D eigenvalue weighted by Crippen LogP contribution is -2.33. The number of nitrogens with zero attached hydrogens (tertiary/aromatic N) is 1. The second-order valence-electron chi connectivity index (χ2n) is 5.19. The fraction of sp³-hybridized carbons (Fsp3) is 0.500. The van der Waals surface area contributed by atoms with Gasteiger partial charge >= 0.3 is 6.18 Å². The van der Waals surface area contributed by atoms with Gasteiger partial charge in [-0.05, 0) is 43.9 Å². The van der Waals surface area contributed by atoms with Crippen molar-refractivity contribution in [2.75, 3.05) is 18.5 Å². The van der Waals surface area contributed by atoms with Gasteiger partial charge in [0.05, 0.1) is 11.3 Å². The summed E-state index contributed by atoms with van der Waals surface area (Å²) in [4.78, 5) is 13.9. The van der Waals surface area contributed by atoms with Crippen LogP contribution in [0.1, 0.15) is 35.7 Å². The van der Waals surface area contributed by atoms with Crippen molar-refractivity contribution in [2.24, 2.45) is 11.8 Å². The summed E-state index contributed by atoms with van der Waals surface area (Å²) in [6, 6.07) is 3.40. The predicted octanol–water partition coefficient (Wildman–Crippen LogP) is 2.86. The summed E-state index contributed by atoms with van der Waals surface area (Å²) in [7, 11) is 0. The lowest BCUT2D eigenvalue weighted by Gasteiger charge is -2.22. The van der Waals surface area contributed by atoms with E-state index in [0.717, 1.165) is 18.9 Å². The summed E-state index contributed by atoms with van der Waals surface area (Å²) in [5.41, 5.74) is 0.862. The largest absolute Gasteiger partial charge is 0.418 e. The van der Waals surface area contributed by atoms with Crippen molar-refractivity contribution in [3.63, 3.8) is 0 Å². The van der Waals surface area contributed by atoms with Gasteiger partial charge in [0.2, 0.25) is 0 Å². The third-order valence-electron chi connectivity index (χ3n) is 3.57. The van der Waals surface area contributed by atoms with Gasteiger partial charge in [-0.1, -0.05) is 0 Å². The molecule has 0 spiro atoms. The zero-order valence-corrected chi connectivity index (χ0v) is 11.7. The lowest BCUT2D eigenvalue weighted by molar-refractivity contribution is -0.137. The normalized spacial score (nSPS) is 14.9. The highest BCUT2D eigenvalue weighted by molar-refractivity contribution is 5.95. The SMILES string of the molecule is CCN(CC1CC1)C(=O)c1ccc(NN)c(C(F)(F)F)c1. The second-order valence-corrected chi connectivity index (χ2v) is 5.19. The van der Waals surface area contributed by atoms with E-state index in [4.69, 9.17) is 5.84 Å². The Balaban J connectivity index is 2.28. The molecule has 0 aromatic heterocycles. The average molecular weight is 301 g/mol. The van der Waals surface area contributed by atoms with Gasteiger partial charge in [-0.25, -0.2) is 0 Å².